The first-order valence-corrected chi connectivity index (χ1v) is 19.9. The van der Waals surface area contributed by atoms with Gasteiger partial charge in [0.05, 0.1) is 6.54 Å². The van der Waals surface area contributed by atoms with Gasteiger partial charge in [0.1, 0.15) is 22.7 Å². The Balaban J connectivity index is 1.30. The maximum atomic E-state index is 14.4. The number of rotatable bonds is 19. The van der Waals surface area contributed by atoms with E-state index in [0.29, 0.717) is 51.1 Å². The fourth-order valence-corrected chi connectivity index (χ4v) is 8.28. The van der Waals surface area contributed by atoms with Gasteiger partial charge in [0.2, 0.25) is 23.6 Å². The lowest BCUT2D eigenvalue weighted by molar-refractivity contribution is -0.148. The quantitative estimate of drug-likeness (QED) is 0.112. The topological polar surface area (TPSA) is 209 Å². The highest BCUT2D eigenvalue weighted by Crippen LogP contribution is 2.52. The number of benzene rings is 2. The molecule has 9 N–H and O–H groups in total. The summed E-state index contributed by atoms with van der Waals surface area (Å²) in [5, 5.41) is 22.0. The van der Waals surface area contributed by atoms with Crippen molar-refractivity contribution in [3.05, 3.63) is 71.8 Å². The normalized spacial score (nSPS) is 25.1. The van der Waals surface area contributed by atoms with Crippen molar-refractivity contribution in [2.24, 2.45) is 29.2 Å². The molecule has 0 spiro atoms. The van der Waals surface area contributed by atoms with Crippen LogP contribution in [0.15, 0.2) is 60.7 Å². The summed E-state index contributed by atoms with van der Waals surface area (Å²) >= 11 is 0. The Morgan fingerprint density at radius 2 is 1.53 bits per heavy atom. The predicted octanol–water partition coefficient (Wildman–Crippen LogP) is 2.61. The fraction of sp³-hybridized carbons (Fsp3) is 0.595. The van der Waals surface area contributed by atoms with Crippen LogP contribution in [0.4, 0.5) is 0 Å². The SMILES string of the molecule is CC(C)C[C@@H](NC(=O)C1(NC(=O)CNC[C@@H](c2ccccc2)C(C)C)C[C@@H]1c1ccccc1)C(=O)NC1(C(=O)N2CCC(N)(C(=O)O)CC2)CC1CCCN. The maximum Gasteiger partial charge on any atom is 0.323 e. The second-order valence-corrected chi connectivity index (χ2v) is 16.8. The van der Waals surface area contributed by atoms with E-state index in [1.54, 1.807) is 4.90 Å². The molecule has 13 nitrogen and oxygen atoms in total. The van der Waals surface area contributed by atoms with Gasteiger partial charge in [0.15, 0.2) is 0 Å². The molecule has 3 aliphatic rings. The lowest BCUT2D eigenvalue weighted by Crippen LogP contribution is -2.62. The minimum atomic E-state index is -1.40. The number of nitrogens with two attached hydrogens (primary N) is 2. The third kappa shape index (κ3) is 9.74. The van der Waals surface area contributed by atoms with Crippen molar-refractivity contribution in [3.8, 4) is 0 Å². The van der Waals surface area contributed by atoms with Gasteiger partial charge in [-0.05, 0) is 86.3 Å². The molecule has 3 unspecified atom stereocenters. The van der Waals surface area contributed by atoms with Gasteiger partial charge in [0.25, 0.3) is 0 Å². The summed E-state index contributed by atoms with van der Waals surface area (Å²) in [4.78, 5) is 69.7. The van der Waals surface area contributed by atoms with Gasteiger partial charge in [-0.2, -0.15) is 0 Å². The molecule has 2 aromatic carbocycles. The number of hydrogen-bond donors (Lipinski definition) is 7. The van der Waals surface area contributed by atoms with E-state index in [1.165, 1.54) is 5.56 Å². The molecule has 3 fully saturated rings. The Kier molecular flexibility index (Phi) is 13.4. The van der Waals surface area contributed by atoms with Crippen LogP contribution in [0, 0.1) is 17.8 Å². The van der Waals surface area contributed by atoms with E-state index in [0.717, 1.165) is 5.56 Å². The minimum Gasteiger partial charge on any atom is -0.480 e. The predicted molar refractivity (Wildman–Crippen MR) is 211 cm³/mol. The lowest BCUT2D eigenvalue weighted by Gasteiger charge is -2.38. The molecule has 0 bridgehead atoms. The molecule has 4 amide bonds. The standard InChI is InChI=1S/C42H61N7O6/c1-27(2)22-34(36(51)48-41(23-31(41)16-11-19-43)38(53)49-20-17-40(44,18-21-49)39(54)55)46-37(52)42(24-33(42)30-14-9-6-10-15-30)47-35(50)26-45-25-32(28(3)4)29-12-7-5-8-13-29/h5-10,12-15,27-28,31-34,45H,11,16-26,43-44H2,1-4H3,(H,46,52)(H,47,50)(H,48,51)(H,54,55)/t31?,32-,33-,34-,41?,42?/m1/s1. The Morgan fingerprint density at radius 3 is 2.11 bits per heavy atom. The van der Waals surface area contributed by atoms with Crippen LogP contribution in [0.3, 0.4) is 0 Å². The summed E-state index contributed by atoms with van der Waals surface area (Å²) < 4.78 is 0. The molecular formula is C42H61N7O6. The van der Waals surface area contributed by atoms with Crippen LogP contribution in [0.2, 0.25) is 0 Å². The zero-order valence-corrected chi connectivity index (χ0v) is 32.8. The summed E-state index contributed by atoms with van der Waals surface area (Å²) in [6, 6.07) is 18.8. The van der Waals surface area contributed by atoms with E-state index in [1.807, 2.05) is 62.4 Å². The van der Waals surface area contributed by atoms with E-state index in [-0.39, 0.29) is 68.0 Å². The molecule has 1 aliphatic heterocycles. The van der Waals surface area contributed by atoms with E-state index in [9.17, 15) is 29.1 Å². The molecule has 2 aromatic rings. The smallest absolute Gasteiger partial charge is 0.323 e. The van der Waals surface area contributed by atoms with Crippen LogP contribution in [-0.2, 0) is 24.0 Å². The Morgan fingerprint density at radius 1 is 0.891 bits per heavy atom. The Labute approximate surface area is 325 Å². The molecule has 55 heavy (non-hydrogen) atoms. The number of carboxylic acids is 1. The summed E-state index contributed by atoms with van der Waals surface area (Å²) in [7, 11) is 0. The fourth-order valence-electron chi connectivity index (χ4n) is 8.28. The summed E-state index contributed by atoms with van der Waals surface area (Å²) in [6.07, 6.45) is 2.64. The second-order valence-electron chi connectivity index (χ2n) is 16.8. The van der Waals surface area contributed by atoms with Gasteiger partial charge in [-0.3, -0.25) is 24.0 Å². The van der Waals surface area contributed by atoms with Crippen molar-refractivity contribution in [1.29, 1.82) is 0 Å². The first-order valence-electron chi connectivity index (χ1n) is 19.9. The molecule has 0 radical (unpaired) electrons. The second kappa shape index (κ2) is 17.6. The highest BCUT2D eigenvalue weighted by molar-refractivity contribution is 6.01. The van der Waals surface area contributed by atoms with E-state index in [2.05, 4.69) is 47.2 Å². The number of carbonyl (C=O) groups excluding carboxylic acids is 4. The minimum absolute atomic E-state index is 0.0168. The van der Waals surface area contributed by atoms with Crippen molar-refractivity contribution in [2.45, 2.75) is 107 Å². The number of carbonyl (C=O) groups is 5. The largest absolute Gasteiger partial charge is 0.480 e. The van der Waals surface area contributed by atoms with Crippen molar-refractivity contribution in [3.63, 3.8) is 0 Å². The lowest BCUT2D eigenvalue weighted by atomic mass is 9.88. The van der Waals surface area contributed by atoms with Crippen LogP contribution in [0.5, 0.6) is 0 Å². The van der Waals surface area contributed by atoms with E-state index >= 15 is 0 Å². The number of carboxylic acid groups (broad SMARTS) is 1. The molecule has 6 atom stereocenters. The van der Waals surface area contributed by atoms with Gasteiger partial charge in [-0.25, -0.2) is 0 Å². The third-order valence-electron chi connectivity index (χ3n) is 11.9. The summed E-state index contributed by atoms with van der Waals surface area (Å²) in [5.41, 5.74) is 10.2. The Hall–Kier alpha value is -4.33. The highest BCUT2D eigenvalue weighted by atomic mass is 16.4. The number of piperidine rings is 1. The number of nitrogens with one attached hydrogen (secondary N) is 4. The number of aliphatic carboxylic acids is 1. The average Bonchev–Trinajstić information content (AvgIpc) is 4.07. The number of likely N-dealkylation sites (tertiary alicyclic amines) is 1. The van der Waals surface area contributed by atoms with Gasteiger partial charge in [-0.15, -0.1) is 0 Å². The molecule has 0 aromatic heterocycles. The average molecular weight is 760 g/mol. The molecule has 5 rings (SSSR count). The summed E-state index contributed by atoms with van der Waals surface area (Å²) in [6.45, 7) is 9.59. The Bertz CT molecular complexity index is 1660. The summed E-state index contributed by atoms with van der Waals surface area (Å²) in [5.74, 6) is -2.47. The molecule has 1 heterocycles. The van der Waals surface area contributed by atoms with Crippen LogP contribution in [-0.4, -0.2) is 95.0 Å². The molecule has 2 aliphatic carbocycles. The molecular weight excluding hydrogens is 699 g/mol. The van der Waals surface area contributed by atoms with Gasteiger partial charge in [-0.1, -0.05) is 88.4 Å². The number of amides is 4. The molecule has 1 saturated heterocycles. The molecule has 13 heteroatoms. The number of hydrogen-bond acceptors (Lipinski definition) is 8. The van der Waals surface area contributed by atoms with Crippen molar-refractivity contribution < 1.29 is 29.1 Å². The number of nitrogens with zero attached hydrogens (tertiary/aromatic N) is 1. The van der Waals surface area contributed by atoms with Gasteiger partial charge in [0, 0.05) is 25.6 Å². The monoisotopic (exact) mass is 759 g/mol. The van der Waals surface area contributed by atoms with Crippen LogP contribution in [0.25, 0.3) is 0 Å². The first-order chi connectivity index (χ1) is 26.2. The van der Waals surface area contributed by atoms with Crippen LogP contribution < -0.4 is 32.7 Å². The van der Waals surface area contributed by atoms with Gasteiger partial charge >= 0.3 is 5.97 Å². The van der Waals surface area contributed by atoms with E-state index < -0.39 is 40.4 Å². The van der Waals surface area contributed by atoms with Crippen molar-refractivity contribution in [2.75, 3.05) is 32.7 Å². The first kappa shape index (κ1) is 41.8. The van der Waals surface area contributed by atoms with Crippen LogP contribution >= 0.6 is 0 Å². The molecule has 2 saturated carbocycles. The third-order valence-corrected chi connectivity index (χ3v) is 11.9. The van der Waals surface area contributed by atoms with E-state index in [4.69, 9.17) is 11.5 Å². The van der Waals surface area contributed by atoms with Gasteiger partial charge < -0.3 is 42.7 Å². The molecule has 300 valence electrons. The van der Waals surface area contributed by atoms with Crippen molar-refractivity contribution in [1.82, 2.24) is 26.2 Å². The zero-order chi connectivity index (χ0) is 40.0. The zero-order valence-electron chi connectivity index (χ0n) is 32.8. The maximum absolute atomic E-state index is 14.4. The highest BCUT2D eigenvalue weighted by Gasteiger charge is 2.64. The van der Waals surface area contributed by atoms with Crippen LogP contribution in [0.1, 0.15) is 95.6 Å². The van der Waals surface area contributed by atoms with Crippen molar-refractivity contribution >= 4 is 29.6 Å².